The number of benzene rings is 1. The van der Waals surface area contributed by atoms with Crippen molar-refractivity contribution < 1.29 is 14.3 Å². The molecule has 0 aliphatic carbocycles. The predicted molar refractivity (Wildman–Crippen MR) is 109 cm³/mol. The number of aromatic nitrogens is 1. The summed E-state index contributed by atoms with van der Waals surface area (Å²) in [5.41, 5.74) is 2.92. The van der Waals surface area contributed by atoms with E-state index < -0.39 is 18.4 Å². The number of hydrogen-bond acceptors (Lipinski definition) is 4. The highest BCUT2D eigenvalue weighted by molar-refractivity contribution is 6.34. The van der Waals surface area contributed by atoms with Crippen LogP contribution in [0.5, 0.6) is 0 Å². The van der Waals surface area contributed by atoms with Crippen LogP contribution < -0.4 is 0 Å². The molecule has 1 aromatic carbocycles. The number of rotatable bonds is 7. The molecule has 0 aliphatic heterocycles. The van der Waals surface area contributed by atoms with E-state index >= 15 is 0 Å². The Morgan fingerprint density at radius 1 is 1.29 bits per heavy atom. The van der Waals surface area contributed by atoms with Crippen molar-refractivity contribution in [3.63, 3.8) is 0 Å². The topological polar surface area (TPSA) is 72.1 Å². The van der Waals surface area contributed by atoms with Crippen LogP contribution in [-0.4, -0.2) is 22.9 Å². The van der Waals surface area contributed by atoms with Crippen molar-refractivity contribution in [1.82, 2.24) is 4.57 Å². The molecule has 0 atom stereocenters. The van der Waals surface area contributed by atoms with Crippen molar-refractivity contribution in [1.29, 1.82) is 5.26 Å². The van der Waals surface area contributed by atoms with E-state index in [1.54, 1.807) is 24.3 Å². The van der Waals surface area contributed by atoms with Crippen molar-refractivity contribution >= 4 is 29.4 Å². The first kappa shape index (κ1) is 21.5. The van der Waals surface area contributed by atoms with E-state index in [-0.39, 0.29) is 16.2 Å². The van der Waals surface area contributed by atoms with Crippen LogP contribution in [0.3, 0.4) is 0 Å². The molecule has 0 saturated carbocycles. The molecule has 2 rings (SSSR count). The molecule has 1 aromatic heterocycles. The molecule has 0 amide bonds. The smallest absolute Gasteiger partial charge is 0.349 e. The molecule has 0 fully saturated rings. The molecule has 0 N–H and O–H groups in total. The van der Waals surface area contributed by atoms with Crippen LogP contribution >= 0.6 is 11.6 Å². The number of carbonyl (C=O) groups is 2. The number of ketones is 1. The SMILES string of the molecule is Cc1cc(/C=C(\C#N)C(=O)OCC(=O)c2ccccc2Cl)c(C)n1CC(C)C. The lowest BCUT2D eigenvalue weighted by molar-refractivity contribution is -0.137. The lowest BCUT2D eigenvalue weighted by Crippen LogP contribution is -2.15. The maximum Gasteiger partial charge on any atom is 0.349 e. The third kappa shape index (κ3) is 5.11. The van der Waals surface area contributed by atoms with E-state index in [2.05, 4.69) is 18.4 Å². The second-order valence-corrected chi connectivity index (χ2v) is 7.39. The van der Waals surface area contributed by atoms with Crippen molar-refractivity contribution in [3.05, 3.63) is 63.4 Å². The van der Waals surface area contributed by atoms with Gasteiger partial charge in [0.05, 0.1) is 5.02 Å². The zero-order chi connectivity index (χ0) is 20.8. The average molecular weight is 399 g/mol. The van der Waals surface area contributed by atoms with Crippen LogP contribution in [0.4, 0.5) is 0 Å². The largest absolute Gasteiger partial charge is 0.453 e. The van der Waals surface area contributed by atoms with Gasteiger partial charge in [-0.1, -0.05) is 37.6 Å². The molecular formula is C22H23ClN2O3. The van der Waals surface area contributed by atoms with Crippen molar-refractivity contribution in [3.8, 4) is 6.07 Å². The van der Waals surface area contributed by atoms with Gasteiger partial charge < -0.3 is 9.30 Å². The van der Waals surface area contributed by atoms with Gasteiger partial charge in [-0.15, -0.1) is 0 Å². The minimum absolute atomic E-state index is 0.156. The van der Waals surface area contributed by atoms with Gasteiger partial charge in [-0.2, -0.15) is 5.26 Å². The van der Waals surface area contributed by atoms with Gasteiger partial charge in [0.15, 0.2) is 6.61 Å². The lowest BCUT2D eigenvalue weighted by Gasteiger charge is -2.12. The fourth-order valence-corrected chi connectivity index (χ4v) is 3.13. The van der Waals surface area contributed by atoms with E-state index in [0.717, 1.165) is 23.5 Å². The quantitative estimate of drug-likeness (QED) is 0.292. The predicted octanol–water partition coefficient (Wildman–Crippen LogP) is 4.75. The number of esters is 1. The molecular weight excluding hydrogens is 376 g/mol. The summed E-state index contributed by atoms with van der Waals surface area (Å²) in [5.74, 6) is -0.791. The van der Waals surface area contributed by atoms with E-state index in [1.165, 1.54) is 6.08 Å². The summed E-state index contributed by atoms with van der Waals surface area (Å²) < 4.78 is 7.19. The Morgan fingerprint density at radius 3 is 2.57 bits per heavy atom. The monoisotopic (exact) mass is 398 g/mol. The van der Waals surface area contributed by atoms with Gasteiger partial charge in [-0.25, -0.2) is 4.79 Å². The third-order valence-electron chi connectivity index (χ3n) is 4.31. The van der Waals surface area contributed by atoms with Crippen LogP contribution in [0.15, 0.2) is 35.9 Å². The molecule has 1 heterocycles. The summed E-state index contributed by atoms with van der Waals surface area (Å²) in [6, 6.07) is 10.3. The molecule has 146 valence electrons. The molecule has 0 saturated heterocycles. The van der Waals surface area contributed by atoms with E-state index in [1.807, 2.05) is 26.0 Å². The van der Waals surface area contributed by atoms with Gasteiger partial charge in [0, 0.05) is 23.5 Å². The maximum absolute atomic E-state index is 12.3. The van der Waals surface area contributed by atoms with Crippen LogP contribution in [0, 0.1) is 31.1 Å². The number of aryl methyl sites for hydroxylation is 1. The normalized spacial score (nSPS) is 11.4. The first-order chi connectivity index (χ1) is 13.2. The average Bonchev–Trinajstić information content (AvgIpc) is 2.91. The number of carbonyl (C=O) groups excluding carboxylic acids is 2. The van der Waals surface area contributed by atoms with Crippen LogP contribution in [0.1, 0.15) is 41.2 Å². The van der Waals surface area contributed by atoms with Gasteiger partial charge in [-0.05, 0) is 49.6 Å². The standard InChI is InChI=1S/C22H23ClN2O3/c1-14(2)12-25-15(3)9-17(16(25)4)10-18(11-24)22(27)28-13-21(26)19-7-5-6-8-20(19)23/h5-10,14H,12-13H2,1-4H3/b18-10+. The third-order valence-corrected chi connectivity index (χ3v) is 4.64. The molecule has 2 aromatic rings. The lowest BCUT2D eigenvalue weighted by atomic mass is 10.1. The molecule has 28 heavy (non-hydrogen) atoms. The summed E-state index contributed by atoms with van der Waals surface area (Å²) in [6.07, 6.45) is 1.50. The second kappa shape index (κ2) is 9.38. The number of halogens is 1. The fourth-order valence-electron chi connectivity index (χ4n) is 2.89. The van der Waals surface area contributed by atoms with Crippen molar-refractivity contribution in [2.75, 3.05) is 6.61 Å². The number of ether oxygens (including phenoxy) is 1. The number of nitrogens with zero attached hydrogens (tertiary/aromatic N) is 2. The molecule has 0 aliphatic rings. The maximum atomic E-state index is 12.3. The Morgan fingerprint density at radius 2 is 1.96 bits per heavy atom. The fraction of sp³-hybridized carbons (Fsp3) is 0.318. The molecule has 5 nitrogen and oxygen atoms in total. The summed E-state index contributed by atoms with van der Waals surface area (Å²) in [4.78, 5) is 24.5. The summed E-state index contributed by atoms with van der Waals surface area (Å²) in [7, 11) is 0. The first-order valence-corrected chi connectivity index (χ1v) is 9.35. The van der Waals surface area contributed by atoms with E-state index in [4.69, 9.17) is 16.3 Å². The van der Waals surface area contributed by atoms with E-state index in [0.29, 0.717) is 5.92 Å². The van der Waals surface area contributed by atoms with Gasteiger partial charge in [-0.3, -0.25) is 4.79 Å². The molecule has 0 spiro atoms. The van der Waals surface area contributed by atoms with Gasteiger partial charge in [0.2, 0.25) is 5.78 Å². The highest BCUT2D eigenvalue weighted by atomic mass is 35.5. The Labute approximate surface area is 170 Å². The number of nitriles is 1. The molecule has 0 unspecified atom stereocenters. The van der Waals surface area contributed by atoms with Crippen LogP contribution in [0.25, 0.3) is 6.08 Å². The Kier molecular flexibility index (Phi) is 7.19. The van der Waals surface area contributed by atoms with Gasteiger partial charge >= 0.3 is 5.97 Å². The molecule has 0 radical (unpaired) electrons. The zero-order valence-electron chi connectivity index (χ0n) is 16.5. The van der Waals surface area contributed by atoms with Crippen LogP contribution in [-0.2, 0) is 16.1 Å². The number of Topliss-reactive ketones (excluding diaryl/α,β-unsaturated/α-hetero) is 1. The Balaban J connectivity index is 2.15. The summed E-state index contributed by atoms with van der Waals surface area (Å²) in [6.45, 7) is 8.56. The Hall–Kier alpha value is -2.84. The Bertz CT molecular complexity index is 965. The van der Waals surface area contributed by atoms with E-state index in [9.17, 15) is 14.9 Å². The molecule has 6 heteroatoms. The highest BCUT2D eigenvalue weighted by Gasteiger charge is 2.17. The minimum Gasteiger partial charge on any atom is -0.453 e. The molecule has 0 bridgehead atoms. The highest BCUT2D eigenvalue weighted by Crippen LogP contribution is 2.20. The zero-order valence-corrected chi connectivity index (χ0v) is 17.2. The number of hydrogen-bond donors (Lipinski definition) is 0. The second-order valence-electron chi connectivity index (χ2n) is 6.98. The van der Waals surface area contributed by atoms with Crippen molar-refractivity contribution in [2.24, 2.45) is 5.92 Å². The van der Waals surface area contributed by atoms with Gasteiger partial charge in [0.1, 0.15) is 11.6 Å². The summed E-state index contributed by atoms with van der Waals surface area (Å²) >= 11 is 5.97. The van der Waals surface area contributed by atoms with Gasteiger partial charge in [0.25, 0.3) is 0 Å². The minimum atomic E-state index is -0.837. The summed E-state index contributed by atoms with van der Waals surface area (Å²) in [5, 5.41) is 9.65. The van der Waals surface area contributed by atoms with Crippen molar-refractivity contribution in [2.45, 2.75) is 34.2 Å². The first-order valence-electron chi connectivity index (χ1n) is 8.98. The van der Waals surface area contributed by atoms with Crippen LogP contribution in [0.2, 0.25) is 5.02 Å².